The summed E-state index contributed by atoms with van der Waals surface area (Å²) in [6.07, 6.45) is 0.462. The van der Waals surface area contributed by atoms with Gasteiger partial charge >= 0.3 is 0 Å². The fourth-order valence-electron chi connectivity index (χ4n) is 2.34. The van der Waals surface area contributed by atoms with Crippen LogP contribution in [-0.4, -0.2) is 56.1 Å². The molecule has 0 radical (unpaired) electrons. The van der Waals surface area contributed by atoms with Gasteiger partial charge in [-0.05, 0) is 30.7 Å². The molecule has 1 heterocycles. The van der Waals surface area contributed by atoms with Crippen molar-refractivity contribution in [1.82, 2.24) is 4.90 Å². The number of thioether (sulfide) groups is 1. The third-order valence-electron chi connectivity index (χ3n) is 3.67. The molecular weight excluding hydrogens is 346 g/mol. The minimum absolute atomic E-state index is 0.00872. The number of alkyl halides is 2. The number of carbonyl (C=O) groups excluding carboxylic acids is 1. The zero-order valence-electron chi connectivity index (χ0n) is 12.5. The maximum atomic E-state index is 12.2. The molecule has 1 aromatic carbocycles. The molecule has 5 nitrogen and oxygen atoms in total. The third kappa shape index (κ3) is 5.35. The summed E-state index contributed by atoms with van der Waals surface area (Å²) in [5.74, 6) is -2.55. The monoisotopic (exact) mass is 364 g/mol. The van der Waals surface area contributed by atoms with Gasteiger partial charge in [0.05, 0.1) is 18.1 Å². The Morgan fingerprint density at radius 2 is 2.04 bits per heavy atom. The van der Waals surface area contributed by atoms with Gasteiger partial charge in [-0.3, -0.25) is 4.79 Å². The largest absolute Gasteiger partial charge is 0.376 e. The molecule has 0 unspecified atom stereocenters. The normalized spacial score (nSPS) is 19.7. The molecule has 128 valence electrons. The zero-order valence-corrected chi connectivity index (χ0v) is 14.2. The maximum Gasteiger partial charge on any atom is 0.288 e. The Morgan fingerprint density at radius 1 is 1.39 bits per heavy atom. The first-order chi connectivity index (χ1) is 10.8. The highest BCUT2D eigenvalue weighted by molar-refractivity contribution is 7.99. The molecule has 1 aromatic rings. The van der Waals surface area contributed by atoms with Gasteiger partial charge in [0, 0.05) is 23.7 Å². The van der Waals surface area contributed by atoms with E-state index >= 15 is 0 Å². The minimum Gasteiger partial charge on any atom is -0.376 e. The van der Waals surface area contributed by atoms with E-state index in [4.69, 9.17) is 0 Å². The lowest BCUT2D eigenvalue weighted by Gasteiger charge is -2.23. The molecule has 1 N–H and O–H groups in total. The molecule has 1 aliphatic rings. The number of carbonyl (C=O) groups is 1. The smallest absolute Gasteiger partial charge is 0.288 e. The summed E-state index contributed by atoms with van der Waals surface area (Å²) in [6, 6.07) is 6.07. The second-order valence-electron chi connectivity index (χ2n) is 5.32. The van der Waals surface area contributed by atoms with E-state index in [9.17, 15) is 22.0 Å². The number of benzene rings is 1. The average molecular weight is 364 g/mol. The van der Waals surface area contributed by atoms with Crippen molar-refractivity contribution in [3.05, 3.63) is 24.3 Å². The number of rotatable bonds is 6. The second-order valence-corrected chi connectivity index (χ2v) is 8.61. The molecule has 1 saturated heterocycles. The molecule has 1 amide bonds. The van der Waals surface area contributed by atoms with E-state index < -0.39 is 15.6 Å². The average Bonchev–Trinajstić information content (AvgIpc) is 2.85. The quantitative estimate of drug-likeness (QED) is 0.783. The number of hydrogen-bond donors (Lipinski definition) is 1. The van der Waals surface area contributed by atoms with Crippen LogP contribution in [0.3, 0.4) is 0 Å². The van der Waals surface area contributed by atoms with E-state index in [0.29, 0.717) is 28.8 Å². The predicted octanol–water partition coefficient (Wildman–Crippen LogP) is 2.06. The van der Waals surface area contributed by atoms with Crippen molar-refractivity contribution in [3.63, 3.8) is 0 Å². The molecule has 1 atom stereocenters. The Balaban J connectivity index is 1.84. The molecule has 0 spiro atoms. The first kappa shape index (κ1) is 18.0. The molecular formula is C14H18F2N2O3S2. The Labute approximate surface area is 138 Å². The van der Waals surface area contributed by atoms with E-state index in [1.807, 2.05) is 0 Å². The van der Waals surface area contributed by atoms with Crippen LogP contribution in [0.5, 0.6) is 0 Å². The Kier molecular flexibility index (Phi) is 5.85. The third-order valence-corrected chi connectivity index (χ3v) is 6.15. The first-order valence-corrected chi connectivity index (χ1v) is 9.72. The van der Waals surface area contributed by atoms with Crippen LogP contribution in [0, 0.1) is 0 Å². The zero-order chi connectivity index (χ0) is 17.0. The highest BCUT2D eigenvalue weighted by Gasteiger charge is 2.32. The highest BCUT2D eigenvalue weighted by Crippen LogP contribution is 2.26. The van der Waals surface area contributed by atoms with Gasteiger partial charge in [-0.15, -0.1) is 0 Å². The van der Waals surface area contributed by atoms with Gasteiger partial charge in [0.1, 0.15) is 0 Å². The number of nitrogens with one attached hydrogen (secondary N) is 1. The molecule has 0 aromatic heterocycles. The van der Waals surface area contributed by atoms with Crippen LogP contribution in [0.1, 0.15) is 6.42 Å². The van der Waals surface area contributed by atoms with Gasteiger partial charge in [0.15, 0.2) is 9.84 Å². The molecule has 0 aliphatic carbocycles. The van der Waals surface area contributed by atoms with Crippen LogP contribution in [0.2, 0.25) is 0 Å². The van der Waals surface area contributed by atoms with Crippen molar-refractivity contribution >= 4 is 33.2 Å². The fraction of sp³-hybridized carbons (Fsp3) is 0.500. The van der Waals surface area contributed by atoms with Crippen LogP contribution in [0.25, 0.3) is 0 Å². The molecule has 23 heavy (non-hydrogen) atoms. The van der Waals surface area contributed by atoms with E-state index in [2.05, 4.69) is 5.32 Å². The fourth-order valence-corrected chi connectivity index (χ4v) is 4.61. The van der Waals surface area contributed by atoms with Crippen LogP contribution in [0.15, 0.2) is 29.2 Å². The van der Waals surface area contributed by atoms with Crippen molar-refractivity contribution in [3.8, 4) is 0 Å². The van der Waals surface area contributed by atoms with E-state index in [0.717, 1.165) is 0 Å². The van der Waals surface area contributed by atoms with Gasteiger partial charge in [-0.2, -0.15) is 8.78 Å². The number of halogens is 2. The number of anilines is 1. The molecule has 9 heteroatoms. The number of sulfone groups is 1. The van der Waals surface area contributed by atoms with Gasteiger partial charge < -0.3 is 10.2 Å². The van der Waals surface area contributed by atoms with Crippen molar-refractivity contribution in [2.24, 2.45) is 0 Å². The van der Waals surface area contributed by atoms with Crippen molar-refractivity contribution in [1.29, 1.82) is 0 Å². The summed E-state index contributed by atoms with van der Waals surface area (Å²) < 4.78 is 47.3. The Bertz CT molecular complexity index is 650. The summed E-state index contributed by atoms with van der Waals surface area (Å²) in [5.41, 5.74) is 0.643. The van der Waals surface area contributed by atoms with Gasteiger partial charge in [-0.1, -0.05) is 11.8 Å². The molecule has 0 bridgehead atoms. The predicted molar refractivity (Wildman–Crippen MR) is 86.6 cm³/mol. The summed E-state index contributed by atoms with van der Waals surface area (Å²) in [7, 11) is -1.44. The molecule has 2 rings (SSSR count). The SMILES string of the molecule is CN(C(=O)CNc1ccc(SC(F)F)cc1)[C@H]1CCS(=O)(=O)C1. The number of amides is 1. The van der Waals surface area contributed by atoms with E-state index in [1.54, 1.807) is 31.3 Å². The second kappa shape index (κ2) is 7.48. The van der Waals surface area contributed by atoms with Crippen LogP contribution < -0.4 is 5.32 Å². The lowest BCUT2D eigenvalue weighted by Crippen LogP contribution is -2.40. The number of likely N-dealkylation sites (N-methyl/N-ethyl adjacent to an activating group) is 1. The van der Waals surface area contributed by atoms with Crippen LogP contribution in [-0.2, 0) is 14.6 Å². The Hall–Kier alpha value is -1.35. The topological polar surface area (TPSA) is 66.5 Å². The number of nitrogens with zero attached hydrogens (tertiary/aromatic N) is 1. The molecule has 1 fully saturated rings. The first-order valence-electron chi connectivity index (χ1n) is 7.02. The highest BCUT2D eigenvalue weighted by atomic mass is 32.2. The van der Waals surface area contributed by atoms with E-state index in [-0.39, 0.29) is 30.0 Å². The lowest BCUT2D eigenvalue weighted by atomic mass is 10.2. The maximum absolute atomic E-state index is 12.2. The van der Waals surface area contributed by atoms with Crippen molar-refractivity contribution in [2.75, 3.05) is 30.4 Å². The Morgan fingerprint density at radius 3 is 2.57 bits per heavy atom. The lowest BCUT2D eigenvalue weighted by molar-refractivity contribution is -0.129. The summed E-state index contributed by atoms with van der Waals surface area (Å²) >= 11 is 0.460. The number of hydrogen-bond acceptors (Lipinski definition) is 5. The van der Waals surface area contributed by atoms with Crippen molar-refractivity contribution in [2.45, 2.75) is 23.1 Å². The summed E-state index contributed by atoms with van der Waals surface area (Å²) in [6.45, 7) is 0.0222. The van der Waals surface area contributed by atoms with Gasteiger partial charge in [0.25, 0.3) is 5.76 Å². The van der Waals surface area contributed by atoms with Crippen LogP contribution >= 0.6 is 11.8 Å². The molecule has 0 saturated carbocycles. The standard InChI is InChI=1S/C14H18F2N2O3S2/c1-18(11-6-7-23(20,21)9-11)13(19)8-17-10-2-4-12(5-3-10)22-14(15)16/h2-5,11,14,17H,6-9H2,1H3/t11-/m0/s1. The summed E-state index contributed by atoms with van der Waals surface area (Å²) in [4.78, 5) is 14.0. The minimum atomic E-state index is -3.03. The molecule has 1 aliphatic heterocycles. The van der Waals surface area contributed by atoms with Crippen LogP contribution in [0.4, 0.5) is 14.5 Å². The van der Waals surface area contributed by atoms with Gasteiger partial charge in [0.2, 0.25) is 5.91 Å². The van der Waals surface area contributed by atoms with E-state index in [1.165, 1.54) is 4.90 Å². The van der Waals surface area contributed by atoms with Gasteiger partial charge in [-0.25, -0.2) is 8.42 Å². The summed E-state index contributed by atoms with van der Waals surface area (Å²) in [5, 5.41) is 2.91. The van der Waals surface area contributed by atoms with Crippen molar-refractivity contribution < 1.29 is 22.0 Å².